The van der Waals surface area contributed by atoms with Crippen molar-refractivity contribution >= 4 is 5.91 Å². The fourth-order valence-corrected chi connectivity index (χ4v) is 2.36. The van der Waals surface area contributed by atoms with Gasteiger partial charge in [0.1, 0.15) is 0 Å². The van der Waals surface area contributed by atoms with E-state index in [4.69, 9.17) is 0 Å². The summed E-state index contributed by atoms with van der Waals surface area (Å²) in [6.45, 7) is 6.31. The third-order valence-corrected chi connectivity index (χ3v) is 3.39. The maximum atomic E-state index is 11.6. The van der Waals surface area contributed by atoms with E-state index in [-0.39, 0.29) is 11.3 Å². The van der Waals surface area contributed by atoms with Gasteiger partial charge in [-0.1, -0.05) is 6.92 Å². The molecule has 1 atom stereocenters. The van der Waals surface area contributed by atoms with Gasteiger partial charge in [-0.05, 0) is 44.6 Å². The molecule has 1 N–H and O–H groups in total. The summed E-state index contributed by atoms with van der Waals surface area (Å²) in [4.78, 5) is 11.6. The van der Waals surface area contributed by atoms with Crippen LogP contribution in [0.15, 0.2) is 11.3 Å². The first kappa shape index (κ1) is 8.79. The van der Waals surface area contributed by atoms with Crippen LogP contribution in [-0.2, 0) is 4.79 Å². The average molecular weight is 179 g/mol. The second-order valence-corrected chi connectivity index (χ2v) is 4.88. The molecule has 1 aliphatic carbocycles. The highest BCUT2D eigenvalue weighted by atomic mass is 16.2. The number of hydrogen-bond donors (Lipinski definition) is 1. The molecule has 0 aromatic heterocycles. The Morgan fingerprint density at radius 3 is 2.85 bits per heavy atom. The molecule has 0 aromatic rings. The minimum absolute atomic E-state index is 0.187. The Morgan fingerprint density at radius 2 is 2.15 bits per heavy atom. The molecule has 2 nitrogen and oxygen atoms in total. The molecule has 0 saturated heterocycles. The molecule has 2 heteroatoms. The van der Waals surface area contributed by atoms with E-state index in [0.717, 1.165) is 18.8 Å². The summed E-state index contributed by atoms with van der Waals surface area (Å²) in [7, 11) is 0. The van der Waals surface area contributed by atoms with Gasteiger partial charge < -0.3 is 5.32 Å². The SMILES string of the molecule is CC1CCC2=C(C1)NC(=O)C2(C)C. The van der Waals surface area contributed by atoms with Crippen LogP contribution in [0, 0.1) is 11.3 Å². The van der Waals surface area contributed by atoms with Crippen molar-refractivity contribution in [2.24, 2.45) is 11.3 Å². The molecule has 1 amide bonds. The summed E-state index contributed by atoms with van der Waals surface area (Å²) >= 11 is 0. The Bertz CT molecular complexity index is 288. The van der Waals surface area contributed by atoms with Crippen molar-refractivity contribution in [1.82, 2.24) is 5.32 Å². The van der Waals surface area contributed by atoms with Crippen LogP contribution in [0.3, 0.4) is 0 Å². The van der Waals surface area contributed by atoms with Crippen LogP contribution < -0.4 is 5.32 Å². The van der Waals surface area contributed by atoms with E-state index >= 15 is 0 Å². The lowest BCUT2D eigenvalue weighted by atomic mass is 9.77. The highest BCUT2D eigenvalue weighted by molar-refractivity contribution is 5.90. The largest absolute Gasteiger partial charge is 0.329 e. The van der Waals surface area contributed by atoms with Crippen molar-refractivity contribution in [3.05, 3.63) is 11.3 Å². The summed E-state index contributed by atoms with van der Waals surface area (Å²) in [6.07, 6.45) is 3.39. The maximum absolute atomic E-state index is 11.6. The Morgan fingerprint density at radius 1 is 1.46 bits per heavy atom. The number of amides is 1. The zero-order valence-corrected chi connectivity index (χ0v) is 8.61. The second-order valence-electron chi connectivity index (χ2n) is 4.88. The molecule has 13 heavy (non-hydrogen) atoms. The van der Waals surface area contributed by atoms with E-state index in [1.165, 1.54) is 17.7 Å². The molecule has 0 fully saturated rings. The summed E-state index contributed by atoms with van der Waals surface area (Å²) in [6, 6.07) is 0. The van der Waals surface area contributed by atoms with Crippen LogP contribution in [0.1, 0.15) is 40.0 Å². The van der Waals surface area contributed by atoms with Crippen LogP contribution in [0.2, 0.25) is 0 Å². The van der Waals surface area contributed by atoms with Gasteiger partial charge in [0.05, 0.1) is 5.41 Å². The molecule has 1 aliphatic heterocycles. The molecule has 1 unspecified atom stereocenters. The predicted octanol–water partition coefficient (Wildman–Crippen LogP) is 2.22. The number of rotatable bonds is 0. The highest BCUT2D eigenvalue weighted by Crippen LogP contribution is 2.42. The third kappa shape index (κ3) is 1.19. The normalized spacial score (nSPS) is 31.6. The van der Waals surface area contributed by atoms with Crippen molar-refractivity contribution in [3.8, 4) is 0 Å². The van der Waals surface area contributed by atoms with Gasteiger partial charge in [0.2, 0.25) is 5.91 Å². The molecule has 0 radical (unpaired) electrons. The van der Waals surface area contributed by atoms with Crippen molar-refractivity contribution in [2.75, 3.05) is 0 Å². The van der Waals surface area contributed by atoms with Gasteiger partial charge in [-0.2, -0.15) is 0 Å². The van der Waals surface area contributed by atoms with E-state index in [1.807, 2.05) is 13.8 Å². The fourth-order valence-electron chi connectivity index (χ4n) is 2.36. The molecule has 1 heterocycles. The summed E-state index contributed by atoms with van der Waals surface area (Å²) in [5, 5.41) is 3.02. The molecular weight excluding hydrogens is 162 g/mol. The van der Waals surface area contributed by atoms with Gasteiger partial charge in [-0.15, -0.1) is 0 Å². The van der Waals surface area contributed by atoms with Crippen LogP contribution in [0.5, 0.6) is 0 Å². The minimum Gasteiger partial charge on any atom is -0.329 e. The zero-order chi connectivity index (χ0) is 9.64. The first-order valence-corrected chi connectivity index (χ1v) is 5.06. The Kier molecular flexibility index (Phi) is 1.76. The molecule has 0 bridgehead atoms. The van der Waals surface area contributed by atoms with Crippen LogP contribution >= 0.6 is 0 Å². The lowest BCUT2D eigenvalue weighted by molar-refractivity contribution is -0.125. The molecular formula is C11H17NO. The summed E-state index contributed by atoms with van der Waals surface area (Å²) in [5.74, 6) is 0.916. The van der Waals surface area contributed by atoms with E-state index in [0.29, 0.717) is 0 Å². The van der Waals surface area contributed by atoms with Crippen molar-refractivity contribution < 1.29 is 4.79 Å². The molecule has 2 aliphatic rings. The monoisotopic (exact) mass is 179 g/mol. The zero-order valence-electron chi connectivity index (χ0n) is 8.61. The Balaban J connectivity index is 2.33. The minimum atomic E-state index is -0.241. The molecule has 0 aromatic carbocycles. The standard InChI is InChI=1S/C11H17NO/c1-7-4-5-8-9(6-7)12-10(13)11(8,2)3/h7H,4-6H2,1-3H3,(H,12,13). The summed E-state index contributed by atoms with van der Waals surface area (Å²) < 4.78 is 0. The van der Waals surface area contributed by atoms with E-state index in [9.17, 15) is 4.79 Å². The molecule has 0 saturated carbocycles. The number of nitrogens with one attached hydrogen (secondary N) is 1. The van der Waals surface area contributed by atoms with Crippen molar-refractivity contribution in [1.29, 1.82) is 0 Å². The third-order valence-electron chi connectivity index (χ3n) is 3.39. The van der Waals surface area contributed by atoms with Gasteiger partial charge in [0.15, 0.2) is 0 Å². The Labute approximate surface area is 79.4 Å². The lowest BCUT2D eigenvalue weighted by Crippen LogP contribution is -2.28. The summed E-state index contributed by atoms with van der Waals surface area (Å²) in [5.41, 5.74) is 2.33. The van der Waals surface area contributed by atoms with Crippen LogP contribution in [-0.4, -0.2) is 5.91 Å². The number of allylic oxidation sites excluding steroid dienone is 1. The van der Waals surface area contributed by atoms with Gasteiger partial charge in [-0.25, -0.2) is 0 Å². The second kappa shape index (κ2) is 2.60. The topological polar surface area (TPSA) is 29.1 Å². The van der Waals surface area contributed by atoms with E-state index in [2.05, 4.69) is 12.2 Å². The van der Waals surface area contributed by atoms with Gasteiger partial charge in [0.25, 0.3) is 0 Å². The highest BCUT2D eigenvalue weighted by Gasteiger charge is 2.41. The number of hydrogen-bond acceptors (Lipinski definition) is 1. The van der Waals surface area contributed by atoms with E-state index in [1.54, 1.807) is 0 Å². The van der Waals surface area contributed by atoms with Gasteiger partial charge >= 0.3 is 0 Å². The van der Waals surface area contributed by atoms with Crippen molar-refractivity contribution in [3.63, 3.8) is 0 Å². The molecule has 72 valence electrons. The van der Waals surface area contributed by atoms with Gasteiger partial charge in [-0.3, -0.25) is 4.79 Å². The lowest BCUT2D eigenvalue weighted by Gasteiger charge is -2.24. The first-order valence-electron chi connectivity index (χ1n) is 5.06. The van der Waals surface area contributed by atoms with Crippen LogP contribution in [0.25, 0.3) is 0 Å². The average Bonchev–Trinajstić information content (AvgIpc) is 2.23. The molecule has 2 rings (SSSR count). The smallest absolute Gasteiger partial charge is 0.233 e. The van der Waals surface area contributed by atoms with Gasteiger partial charge in [0, 0.05) is 5.70 Å². The maximum Gasteiger partial charge on any atom is 0.233 e. The first-order chi connectivity index (χ1) is 6.01. The van der Waals surface area contributed by atoms with E-state index < -0.39 is 0 Å². The Hall–Kier alpha value is -0.790. The van der Waals surface area contributed by atoms with Crippen LogP contribution in [0.4, 0.5) is 0 Å². The van der Waals surface area contributed by atoms with Crippen molar-refractivity contribution in [2.45, 2.75) is 40.0 Å². The number of carbonyl (C=O) groups is 1. The predicted molar refractivity (Wildman–Crippen MR) is 52.0 cm³/mol. The molecule has 0 spiro atoms. The quantitative estimate of drug-likeness (QED) is 0.607. The fraction of sp³-hybridized carbons (Fsp3) is 0.727. The number of carbonyl (C=O) groups excluding carboxylic acids is 1.